The van der Waals surface area contributed by atoms with Gasteiger partial charge in [-0.3, -0.25) is 9.79 Å². The van der Waals surface area contributed by atoms with Crippen LogP contribution in [0.5, 0.6) is 0 Å². The maximum Gasteiger partial charge on any atom is 0.144 e. The molecule has 3 aromatic rings. The third kappa shape index (κ3) is 3.38. The molecule has 3 nitrogen and oxygen atoms in total. The van der Waals surface area contributed by atoms with Gasteiger partial charge in [-0.15, -0.1) is 0 Å². The third-order valence-corrected chi connectivity index (χ3v) is 6.13. The molecule has 3 aromatic carbocycles. The predicted molar refractivity (Wildman–Crippen MR) is 118 cm³/mol. The van der Waals surface area contributed by atoms with Gasteiger partial charge in [-0.25, -0.2) is 0 Å². The lowest BCUT2D eigenvalue weighted by molar-refractivity contribution is -0.122. The number of ketones is 1. The number of para-hydroxylation sites is 2. The molecule has 144 valence electrons. The van der Waals surface area contributed by atoms with Gasteiger partial charge in [-0.05, 0) is 42.5 Å². The second kappa shape index (κ2) is 7.32. The molecule has 1 N–H and O–H groups in total. The Morgan fingerprint density at radius 3 is 2.34 bits per heavy atom. The Bertz CT molecular complexity index is 1070. The molecular weight excluding hydrogens is 356 g/mol. The first-order valence-corrected chi connectivity index (χ1v) is 10.3. The van der Waals surface area contributed by atoms with E-state index in [4.69, 9.17) is 4.99 Å². The lowest BCUT2D eigenvalue weighted by Gasteiger charge is -2.34. The summed E-state index contributed by atoms with van der Waals surface area (Å²) in [4.78, 5) is 18.5. The number of anilines is 1. The van der Waals surface area contributed by atoms with Crippen molar-refractivity contribution in [1.29, 1.82) is 0 Å². The number of benzene rings is 3. The fraction of sp³-hybridized carbons (Fsp3) is 0.231. The minimum absolute atomic E-state index is 0.0952. The van der Waals surface area contributed by atoms with Gasteiger partial charge in [0.1, 0.15) is 5.78 Å². The number of carbonyl (C=O) groups is 1. The number of hydrogen-bond acceptors (Lipinski definition) is 3. The van der Waals surface area contributed by atoms with E-state index in [0.29, 0.717) is 6.42 Å². The molecule has 0 saturated heterocycles. The van der Waals surface area contributed by atoms with Crippen molar-refractivity contribution in [2.45, 2.75) is 31.7 Å². The molecule has 0 unspecified atom stereocenters. The minimum atomic E-state index is -0.231. The fourth-order valence-corrected chi connectivity index (χ4v) is 4.61. The normalized spacial score (nSPS) is 23.3. The quantitative estimate of drug-likeness (QED) is 0.593. The molecule has 0 aromatic heterocycles. The molecule has 3 atom stereocenters. The van der Waals surface area contributed by atoms with Gasteiger partial charge < -0.3 is 5.32 Å². The summed E-state index contributed by atoms with van der Waals surface area (Å²) in [6, 6.07) is 26.9. The van der Waals surface area contributed by atoms with Crippen LogP contribution in [0.4, 0.5) is 11.4 Å². The number of rotatable bonds is 2. The molecular formula is C26H24N2O. The first-order valence-electron chi connectivity index (χ1n) is 10.3. The molecule has 0 spiro atoms. The van der Waals surface area contributed by atoms with Crippen molar-refractivity contribution < 1.29 is 4.79 Å². The molecule has 1 aliphatic carbocycles. The smallest absolute Gasteiger partial charge is 0.144 e. The second-order valence-electron chi connectivity index (χ2n) is 8.11. The zero-order chi connectivity index (χ0) is 19.8. The molecule has 1 heterocycles. The molecule has 1 aliphatic heterocycles. The second-order valence-corrected chi connectivity index (χ2v) is 8.11. The summed E-state index contributed by atoms with van der Waals surface area (Å²) in [5.74, 6) is 0.238. The van der Waals surface area contributed by atoms with Crippen molar-refractivity contribution in [3.05, 3.63) is 95.6 Å². The van der Waals surface area contributed by atoms with Crippen molar-refractivity contribution >= 4 is 22.9 Å². The van der Waals surface area contributed by atoms with Gasteiger partial charge in [0, 0.05) is 12.1 Å². The average Bonchev–Trinajstić information content (AvgIpc) is 2.92. The van der Waals surface area contributed by atoms with E-state index < -0.39 is 0 Å². The van der Waals surface area contributed by atoms with Gasteiger partial charge in [0.15, 0.2) is 0 Å². The van der Waals surface area contributed by atoms with Crippen LogP contribution in [0, 0.1) is 12.8 Å². The topological polar surface area (TPSA) is 41.5 Å². The highest BCUT2D eigenvalue weighted by Crippen LogP contribution is 2.43. The van der Waals surface area contributed by atoms with E-state index in [1.165, 1.54) is 11.1 Å². The minimum Gasteiger partial charge on any atom is -0.375 e. The van der Waals surface area contributed by atoms with E-state index in [0.717, 1.165) is 29.1 Å². The Balaban J connectivity index is 1.60. The number of aryl methyl sites for hydroxylation is 1. The predicted octanol–water partition coefficient (Wildman–Crippen LogP) is 6.00. The highest BCUT2D eigenvalue weighted by atomic mass is 16.1. The van der Waals surface area contributed by atoms with Gasteiger partial charge in [0.25, 0.3) is 0 Å². The van der Waals surface area contributed by atoms with Crippen LogP contribution >= 0.6 is 0 Å². The highest BCUT2D eigenvalue weighted by molar-refractivity contribution is 6.10. The van der Waals surface area contributed by atoms with Crippen LogP contribution in [0.15, 0.2) is 83.9 Å². The number of nitrogens with zero attached hydrogens (tertiary/aromatic N) is 1. The Kier molecular flexibility index (Phi) is 4.51. The summed E-state index contributed by atoms with van der Waals surface area (Å²) >= 11 is 0. The molecule has 1 fully saturated rings. The molecule has 0 amide bonds. The molecule has 2 aliphatic rings. The summed E-state index contributed by atoms with van der Waals surface area (Å²) < 4.78 is 0. The fourth-order valence-electron chi connectivity index (χ4n) is 4.61. The first kappa shape index (κ1) is 17.9. The number of Topliss-reactive ketones (excluding diaryl/α,β-unsaturated/α-hetero) is 1. The van der Waals surface area contributed by atoms with E-state index in [2.05, 4.69) is 54.7 Å². The molecule has 0 bridgehead atoms. The van der Waals surface area contributed by atoms with Crippen LogP contribution in [0.2, 0.25) is 0 Å². The lowest BCUT2D eigenvalue weighted by atomic mass is 9.72. The van der Waals surface area contributed by atoms with E-state index in [-0.39, 0.29) is 23.7 Å². The summed E-state index contributed by atoms with van der Waals surface area (Å²) in [7, 11) is 0. The largest absolute Gasteiger partial charge is 0.375 e. The maximum atomic E-state index is 13.4. The monoisotopic (exact) mass is 380 g/mol. The van der Waals surface area contributed by atoms with Crippen molar-refractivity contribution in [2.75, 3.05) is 5.32 Å². The summed E-state index contributed by atoms with van der Waals surface area (Å²) in [5.41, 5.74) is 6.48. The Hall–Kier alpha value is -3.20. The molecule has 29 heavy (non-hydrogen) atoms. The Labute approximate surface area is 171 Å². The van der Waals surface area contributed by atoms with Gasteiger partial charge >= 0.3 is 0 Å². The van der Waals surface area contributed by atoms with Gasteiger partial charge in [0.2, 0.25) is 0 Å². The molecule has 5 rings (SSSR count). The van der Waals surface area contributed by atoms with Crippen LogP contribution in [0.25, 0.3) is 0 Å². The molecule has 3 heteroatoms. The van der Waals surface area contributed by atoms with Gasteiger partial charge in [-0.1, -0.05) is 72.3 Å². The number of aliphatic imine (C=N–C) groups is 1. The Morgan fingerprint density at radius 2 is 1.55 bits per heavy atom. The van der Waals surface area contributed by atoms with Crippen LogP contribution < -0.4 is 5.32 Å². The summed E-state index contributed by atoms with van der Waals surface area (Å²) in [6.45, 7) is 2.09. The maximum absolute atomic E-state index is 13.4. The SMILES string of the molecule is Cc1ccc([C@H]2Nc3ccccc3N=C3C[C@@H](c4ccccc4)CC(=O)[C@@H]32)cc1. The van der Waals surface area contributed by atoms with E-state index >= 15 is 0 Å². The van der Waals surface area contributed by atoms with Crippen molar-refractivity contribution in [1.82, 2.24) is 0 Å². The highest BCUT2D eigenvalue weighted by Gasteiger charge is 2.41. The van der Waals surface area contributed by atoms with Crippen molar-refractivity contribution in [2.24, 2.45) is 10.9 Å². The summed E-state index contributed by atoms with van der Waals surface area (Å²) in [5, 5.41) is 3.64. The Morgan fingerprint density at radius 1 is 0.828 bits per heavy atom. The van der Waals surface area contributed by atoms with Crippen LogP contribution in [-0.2, 0) is 4.79 Å². The average molecular weight is 380 g/mol. The standard InChI is InChI=1S/C26H24N2O/c1-17-11-13-19(14-12-17)26-25-23(27-21-9-5-6-10-22(21)28-26)15-20(16-24(25)29)18-7-3-2-4-8-18/h2-14,20,25-26,28H,15-16H2,1H3/t20-,25-,26-/m1/s1. The van der Waals surface area contributed by atoms with Gasteiger partial charge in [-0.2, -0.15) is 0 Å². The van der Waals surface area contributed by atoms with Gasteiger partial charge in [0.05, 0.1) is 23.3 Å². The number of hydrogen-bond donors (Lipinski definition) is 1. The van der Waals surface area contributed by atoms with E-state index in [1.807, 2.05) is 36.4 Å². The number of fused-ring (bicyclic) bond motifs is 2. The zero-order valence-electron chi connectivity index (χ0n) is 16.5. The van der Waals surface area contributed by atoms with Crippen molar-refractivity contribution in [3.8, 4) is 0 Å². The van der Waals surface area contributed by atoms with Crippen LogP contribution in [0.1, 0.15) is 41.5 Å². The lowest BCUT2D eigenvalue weighted by Crippen LogP contribution is -2.38. The van der Waals surface area contributed by atoms with Crippen molar-refractivity contribution in [3.63, 3.8) is 0 Å². The third-order valence-electron chi connectivity index (χ3n) is 6.13. The number of nitrogens with one attached hydrogen (secondary N) is 1. The van der Waals surface area contributed by atoms with Crippen LogP contribution in [-0.4, -0.2) is 11.5 Å². The van der Waals surface area contributed by atoms with Crippen LogP contribution in [0.3, 0.4) is 0 Å². The zero-order valence-corrected chi connectivity index (χ0v) is 16.5. The van der Waals surface area contributed by atoms with E-state index in [1.54, 1.807) is 0 Å². The molecule has 1 saturated carbocycles. The number of carbonyl (C=O) groups excluding carboxylic acids is 1. The first-order chi connectivity index (χ1) is 14.2. The van der Waals surface area contributed by atoms with E-state index in [9.17, 15) is 4.79 Å². The molecule has 0 radical (unpaired) electrons. The summed E-state index contributed by atoms with van der Waals surface area (Å²) in [6.07, 6.45) is 1.38.